The Morgan fingerprint density at radius 2 is 0.750 bits per heavy atom. The lowest BCUT2D eigenvalue weighted by molar-refractivity contribution is 0.0714. The summed E-state index contributed by atoms with van der Waals surface area (Å²) in [4.78, 5) is 0. The summed E-state index contributed by atoms with van der Waals surface area (Å²) in [6, 6.07) is 18.9. The lowest BCUT2D eigenvalue weighted by Gasteiger charge is -2.28. The standard InChI is InChI=1S/2C19H26O3/c1-17(2,20)13-7-8-15-12(9-13)10-14(18(3,4)21)11-16(15)19(5,6)22;1-17(2,20)12-10-14-13(16(11-12)19(5,6)22)8-7-9-15(14)18(3,4)21/h2*7-11,20-22H,1-6H3. The molecule has 4 rings (SSSR count). The van der Waals surface area contributed by atoms with Gasteiger partial charge in [0.05, 0.1) is 33.6 Å². The molecule has 6 N–H and O–H groups in total. The zero-order chi connectivity index (χ0) is 33.8. The summed E-state index contributed by atoms with van der Waals surface area (Å²) in [5.74, 6) is 0. The summed E-state index contributed by atoms with van der Waals surface area (Å²) >= 11 is 0. The molecule has 4 aromatic carbocycles. The van der Waals surface area contributed by atoms with E-state index >= 15 is 0 Å². The molecular formula is C38H52O6. The summed E-state index contributed by atoms with van der Waals surface area (Å²) in [5, 5.41) is 66.0. The second-order valence-corrected chi connectivity index (χ2v) is 15.2. The third-order valence-electron chi connectivity index (χ3n) is 8.05. The minimum atomic E-state index is -1.04. The highest BCUT2D eigenvalue weighted by Gasteiger charge is 2.28. The Balaban J connectivity index is 0.000000240. The molecule has 0 radical (unpaired) electrons. The number of rotatable bonds is 6. The van der Waals surface area contributed by atoms with Crippen LogP contribution >= 0.6 is 0 Å². The monoisotopic (exact) mass is 604 g/mol. The van der Waals surface area contributed by atoms with Crippen molar-refractivity contribution in [3.8, 4) is 0 Å². The predicted octanol–water partition coefficient (Wildman–Crippen LogP) is 7.04. The summed E-state index contributed by atoms with van der Waals surface area (Å²) in [6.07, 6.45) is 0. The molecule has 0 aliphatic heterocycles. The van der Waals surface area contributed by atoms with Crippen LogP contribution in [0.2, 0.25) is 0 Å². The van der Waals surface area contributed by atoms with Crippen molar-refractivity contribution in [3.63, 3.8) is 0 Å². The van der Waals surface area contributed by atoms with Crippen molar-refractivity contribution in [2.24, 2.45) is 0 Å². The van der Waals surface area contributed by atoms with Crippen LogP contribution in [0.5, 0.6) is 0 Å². The van der Waals surface area contributed by atoms with Gasteiger partial charge < -0.3 is 30.6 Å². The van der Waals surface area contributed by atoms with E-state index in [1.54, 1.807) is 83.1 Å². The van der Waals surface area contributed by atoms with Crippen molar-refractivity contribution in [3.05, 3.63) is 94.0 Å². The summed E-state index contributed by atoms with van der Waals surface area (Å²) in [6.45, 7) is 20.8. The molecule has 0 fully saturated rings. The zero-order valence-electron chi connectivity index (χ0n) is 28.5. The average molecular weight is 605 g/mol. The van der Waals surface area contributed by atoms with Crippen LogP contribution in [0.4, 0.5) is 0 Å². The number of benzene rings is 4. The smallest absolute Gasteiger partial charge is 0.0846 e. The van der Waals surface area contributed by atoms with E-state index < -0.39 is 33.6 Å². The topological polar surface area (TPSA) is 121 Å². The minimum Gasteiger partial charge on any atom is -0.386 e. The molecule has 0 spiro atoms. The van der Waals surface area contributed by atoms with E-state index in [1.165, 1.54) is 0 Å². The molecule has 0 heterocycles. The van der Waals surface area contributed by atoms with Gasteiger partial charge in [0, 0.05) is 0 Å². The first kappa shape index (κ1) is 35.6. The third-order valence-corrected chi connectivity index (χ3v) is 8.05. The average Bonchev–Trinajstić information content (AvgIpc) is 2.83. The van der Waals surface area contributed by atoms with Crippen molar-refractivity contribution in [2.45, 2.75) is 117 Å². The lowest BCUT2D eigenvalue weighted by atomic mass is 9.83. The molecule has 6 nitrogen and oxygen atoms in total. The highest BCUT2D eigenvalue weighted by atomic mass is 16.3. The van der Waals surface area contributed by atoms with E-state index in [9.17, 15) is 30.6 Å². The Morgan fingerprint density at radius 1 is 0.341 bits per heavy atom. The van der Waals surface area contributed by atoms with Crippen LogP contribution in [-0.4, -0.2) is 30.6 Å². The Hall–Kier alpha value is -2.84. The maximum Gasteiger partial charge on any atom is 0.0846 e. The zero-order valence-corrected chi connectivity index (χ0v) is 28.5. The lowest BCUT2D eigenvalue weighted by Crippen LogP contribution is -2.22. The molecule has 0 saturated heterocycles. The fourth-order valence-electron chi connectivity index (χ4n) is 5.39. The van der Waals surface area contributed by atoms with Crippen LogP contribution in [0, 0.1) is 0 Å². The molecule has 0 bridgehead atoms. The number of fused-ring (bicyclic) bond motifs is 2. The van der Waals surface area contributed by atoms with E-state index in [1.807, 2.05) is 60.7 Å². The molecule has 0 atom stereocenters. The largest absolute Gasteiger partial charge is 0.386 e. The van der Waals surface area contributed by atoms with Crippen LogP contribution in [0.3, 0.4) is 0 Å². The van der Waals surface area contributed by atoms with Gasteiger partial charge in [-0.15, -0.1) is 0 Å². The highest BCUT2D eigenvalue weighted by molar-refractivity contribution is 5.91. The molecule has 0 aliphatic rings. The van der Waals surface area contributed by atoms with Gasteiger partial charge in [-0.25, -0.2) is 0 Å². The Kier molecular flexibility index (Phi) is 9.32. The molecule has 4 aromatic rings. The molecule has 0 aliphatic carbocycles. The third kappa shape index (κ3) is 8.05. The van der Waals surface area contributed by atoms with Crippen molar-refractivity contribution in [1.29, 1.82) is 0 Å². The van der Waals surface area contributed by atoms with Crippen molar-refractivity contribution < 1.29 is 30.6 Å². The van der Waals surface area contributed by atoms with Crippen molar-refractivity contribution >= 4 is 21.5 Å². The summed E-state index contributed by atoms with van der Waals surface area (Å²) < 4.78 is 0. The van der Waals surface area contributed by atoms with Gasteiger partial charge in [-0.05, 0) is 168 Å². The summed E-state index contributed by atoms with van der Waals surface area (Å²) in [5.41, 5.74) is -1.48. The van der Waals surface area contributed by atoms with Gasteiger partial charge in [-0.1, -0.05) is 30.3 Å². The van der Waals surface area contributed by atoms with E-state index in [-0.39, 0.29) is 0 Å². The van der Waals surface area contributed by atoms with Crippen LogP contribution in [0.25, 0.3) is 21.5 Å². The molecule has 6 heteroatoms. The van der Waals surface area contributed by atoms with Gasteiger partial charge in [0.1, 0.15) is 0 Å². The van der Waals surface area contributed by atoms with Crippen molar-refractivity contribution in [1.82, 2.24) is 0 Å². The van der Waals surface area contributed by atoms with Gasteiger partial charge in [-0.2, -0.15) is 0 Å². The van der Waals surface area contributed by atoms with Crippen LogP contribution in [-0.2, 0) is 33.6 Å². The van der Waals surface area contributed by atoms with E-state index in [2.05, 4.69) is 0 Å². The van der Waals surface area contributed by atoms with E-state index in [0.29, 0.717) is 5.56 Å². The number of aliphatic hydroxyl groups is 6. The maximum atomic E-state index is 10.5. The molecular weight excluding hydrogens is 552 g/mol. The SMILES string of the molecule is CC(C)(O)c1cc(C(C)(C)O)c2cccc(C(C)(C)O)c2c1.CC(C)(O)c1ccc2c(C(C)(C)O)cc(C(C)(C)O)cc2c1. The Morgan fingerprint density at radius 3 is 1.18 bits per heavy atom. The van der Waals surface area contributed by atoms with Gasteiger partial charge >= 0.3 is 0 Å². The molecule has 0 aromatic heterocycles. The van der Waals surface area contributed by atoms with E-state index in [0.717, 1.165) is 49.4 Å². The second-order valence-electron chi connectivity index (χ2n) is 15.2. The highest BCUT2D eigenvalue weighted by Crippen LogP contribution is 2.38. The quantitative estimate of drug-likeness (QED) is 0.140. The molecule has 0 saturated carbocycles. The van der Waals surface area contributed by atoms with Gasteiger partial charge in [0.25, 0.3) is 0 Å². The van der Waals surface area contributed by atoms with Crippen molar-refractivity contribution in [2.75, 3.05) is 0 Å². The first-order valence-electron chi connectivity index (χ1n) is 15.1. The first-order valence-corrected chi connectivity index (χ1v) is 15.1. The molecule has 44 heavy (non-hydrogen) atoms. The van der Waals surface area contributed by atoms with Crippen LogP contribution in [0.15, 0.2) is 60.7 Å². The van der Waals surface area contributed by atoms with Gasteiger partial charge in [0.15, 0.2) is 0 Å². The van der Waals surface area contributed by atoms with Gasteiger partial charge in [-0.3, -0.25) is 0 Å². The Bertz CT molecular complexity index is 1640. The van der Waals surface area contributed by atoms with Crippen LogP contribution in [0.1, 0.15) is 116 Å². The molecule has 0 unspecified atom stereocenters. The first-order chi connectivity index (χ1) is 19.6. The fourth-order valence-corrected chi connectivity index (χ4v) is 5.39. The number of hydrogen-bond donors (Lipinski definition) is 6. The second kappa shape index (κ2) is 11.5. The normalized spacial score (nSPS) is 13.7. The molecule has 0 amide bonds. The number of hydrogen-bond acceptors (Lipinski definition) is 6. The van der Waals surface area contributed by atoms with Gasteiger partial charge in [0.2, 0.25) is 0 Å². The molecule has 240 valence electrons. The minimum absolute atomic E-state index is 0.717. The summed E-state index contributed by atoms with van der Waals surface area (Å²) in [7, 11) is 0. The fraction of sp³-hybridized carbons (Fsp3) is 0.474. The Labute approximate surface area is 262 Å². The predicted molar refractivity (Wildman–Crippen MR) is 179 cm³/mol. The maximum absolute atomic E-state index is 10.5. The van der Waals surface area contributed by atoms with Crippen LogP contribution < -0.4 is 0 Å². The van der Waals surface area contributed by atoms with E-state index in [4.69, 9.17) is 0 Å².